The van der Waals surface area contributed by atoms with Crippen LogP contribution >= 0.6 is 39.1 Å². The highest BCUT2D eigenvalue weighted by Crippen LogP contribution is 2.23. The van der Waals surface area contributed by atoms with E-state index >= 15 is 0 Å². The number of carbonyl (C=O) groups excluding carboxylic acids is 1. The number of nitrogens with zero attached hydrogens (tertiary/aromatic N) is 1. The second kappa shape index (κ2) is 11.9. The minimum Gasteiger partial charge on any atom is -0.493 e. The van der Waals surface area contributed by atoms with Crippen LogP contribution in [0.25, 0.3) is 0 Å². The maximum absolute atomic E-state index is 12.4. The van der Waals surface area contributed by atoms with Crippen molar-refractivity contribution in [3.05, 3.63) is 91.9 Å². The van der Waals surface area contributed by atoms with Crippen LogP contribution in [-0.4, -0.2) is 18.7 Å². The number of ether oxygens (including phenoxy) is 2. The van der Waals surface area contributed by atoms with Crippen molar-refractivity contribution in [3.8, 4) is 11.5 Å². The molecule has 0 aliphatic heterocycles. The molecule has 3 aromatic rings. The molecule has 0 saturated carbocycles. The van der Waals surface area contributed by atoms with Crippen molar-refractivity contribution >= 4 is 51.3 Å². The smallest absolute Gasteiger partial charge is 0.271 e. The summed E-state index contributed by atoms with van der Waals surface area (Å²) < 4.78 is 12.3. The number of hydrazone groups is 1. The van der Waals surface area contributed by atoms with Crippen molar-refractivity contribution in [2.45, 2.75) is 20.0 Å². The number of benzene rings is 3. The summed E-state index contributed by atoms with van der Waals surface area (Å²) in [6, 6.07) is 17.6. The van der Waals surface area contributed by atoms with E-state index in [-0.39, 0.29) is 5.91 Å². The van der Waals surface area contributed by atoms with Crippen LogP contribution < -0.4 is 14.9 Å². The number of amides is 1. The zero-order valence-corrected chi connectivity index (χ0v) is 20.4. The van der Waals surface area contributed by atoms with Gasteiger partial charge in [0.25, 0.3) is 5.91 Å². The molecule has 8 heteroatoms. The van der Waals surface area contributed by atoms with Gasteiger partial charge < -0.3 is 9.47 Å². The summed E-state index contributed by atoms with van der Waals surface area (Å²) in [5.41, 5.74) is 4.57. The zero-order chi connectivity index (χ0) is 22.9. The van der Waals surface area contributed by atoms with Gasteiger partial charge >= 0.3 is 0 Å². The highest BCUT2D eigenvalue weighted by Gasteiger charge is 2.07. The molecule has 0 aliphatic rings. The monoisotopic (exact) mass is 534 g/mol. The fourth-order valence-electron chi connectivity index (χ4n) is 2.69. The maximum atomic E-state index is 12.4. The molecule has 0 aliphatic carbocycles. The molecule has 0 radical (unpaired) electrons. The Hall–Kier alpha value is -2.54. The Kier molecular flexibility index (Phi) is 8.97. The van der Waals surface area contributed by atoms with E-state index in [1.165, 1.54) is 0 Å². The maximum Gasteiger partial charge on any atom is 0.271 e. The number of rotatable bonds is 9. The molecule has 0 fully saturated rings. The molecule has 0 unspecified atom stereocenters. The predicted molar refractivity (Wildman–Crippen MR) is 132 cm³/mol. The third-order valence-electron chi connectivity index (χ3n) is 4.33. The zero-order valence-electron chi connectivity index (χ0n) is 17.3. The molecule has 1 N–H and O–H groups in total. The molecule has 5 nitrogen and oxygen atoms in total. The number of hydrogen-bond acceptors (Lipinski definition) is 4. The van der Waals surface area contributed by atoms with Crippen LogP contribution in [0.2, 0.25) is 10.0 Å². The van der Waals surface area contributed by atoms with Gasteiger partial charge in [-0.15, -0.1) is 0 Å². The number of halogens is 3. The van der Waals surface area contributed by atoms with Gasteiger partial charge in [-0.05, 0) is 61.0 Å². The van der Waals surface area contributed by atoms with Gasteiger partial charge in [-0.3, -0.25) is 4.79 Å². The van der Waals surface area contributed by atoms with Gasteiger partial charge in [-0.2, -0.15) is 5.10 Å². The minimum atomic E-state index is -0.334. The Morgan fingerprint density at radius 3 is 2.56 bits per heavy atom. The van der Waals surface area contributed by atoms with E-state index in [0.29, 0.717) is 40.3 Å². The summed E-state index contributed by atoms with van der Waals surface area (Å²) in [4.78, 5) is 12.4. The normalized spacial score (nSPS) is 10.9. The number of nitrogens with one attached hydrogen (secondary N) is 1. The van der Waals surface area contributed by atoms with Crippen molar-refractivity contribution in [3.63, 3.8) is 0 Å². The van der Waals surface area contributed by atoms with Gasteiger partial charge in [0.2, 0.25) is 0 Å². The van der Waals surface area contributed by atoms with E-state index in [0.717, 1.165) is 22.0 Å². The molecule has 3 aromatic carbocycles. The quantitative estimate of drug-likeness (QED) is 0.240. The summed E-state index contributed by atoms with van der Waals surface area (Å²) >= 11 is 15.5. The van der Waals surface area contributed by atoms with Crippen LogP contribution in [0.4, 0.5) is 0 Å². The largest absolute Gasteiger partial charge is 0.493 e. The van der Waals surface area contributed by atoms with Crippen LogP contribution in [0.5, 0.6) is 11.5 Å². The molecular weight excluding hydrogens is 515 g/mol. The molecule has 0 bridgehead atoms. The van der Waals surface area contributed by atoms with Gasteiger partial charge in [0.15, 0.2) is 0 Å². The first-order valence-electron chi connectivity index (χ1n) is 9.89. The second-order valence-corrected chi connectivity index (χ2v) is 8.54. The fourth-order valence-corrected chi connectivity index (χ4v) is 3.53. The average Bonchev–Trinajstić information content (AvgIpc) is 2.78. The van der Waals surface area contributed by atoms with Crippen molar-refractivity contribution in [1.29, 1.82) is 0 Å². The van der Waals surface area contributed by atoms with Gasteiger partial charge in [-0.1, -0.05) is 52.1 Å². The molecule has 3 rings (SSSR count). The third-order valence-corrected chi connectivity index (χ3v) is 5.41. The highest BCUT2D eigenvalue weighted by atomic mass is 79.9. The van der Waals surface area contributed by atoms with E-state index in [9.17, 15) is 4.79 Å². The van der Waals surface area contributed by atoms with Crippen molar-refractivity contribution in [1.82, 2.24) is 5.43 Å². The predicted octanol–water partition coefficient (Wildman–Crippen LogP) is 6.89. The van der Waals surface area contributed by atoms with E-state index in [1.54, 1.807) is 42.6 Å². The van der Waals surface area contributed by atoms with Crippen LogP contribution in [0.1, 0.15) is 34.8 Å². The Morgan fingerprint density at radius 2 is 1.84 bits per heavy atom. The molecule has 166 valence electrons. The van der Waals surface area contributed by atoms with Crippen LogP contribution in [0.15, 0.2) is 70.2 Å². The summed E-state index contributed by atoms with van der Waals surface area (Å²) in [5, 5.41) is 5.17. The van der Waals surface area contributed by atoms with E-state index < -0.39 is 0 Å². The lowest BCUT2D eigenvalue weighted by Gasteiger charge is -2.09. The Morgan fingerprint density at radius 1 is 1.06 bits per heavy atom. The van der Waals surface area contributed by atoms with Crippen LogP contribution in [0, 0.1) is 0 Å². The number of hydrogen-bond donors (Lipinski definition) is 1. The van der Waals surface area contributed by atoms with Crippen LogP contribution in [-0.2, 0) is 6.61 Å². The van der Waals surface area contributed by atoms with Gasteiger partial charge in [-0.25, -0.2) is 5.43 Å². The summed E-state index contributed by atoms with van der Waals surface area (Å²) in [6.07, 6.45) is 2.46. The number of carbonyl (C=O) groups is 1. The Bertz CT molecular complexity index is 1100. The Labute approximate surface area is 205 Å². The molecule has 0 aromatic heterocycles. The summed E-state index contributed by atoms with van der Waals surface area (Å²) in [5.74, 6) is 0.984. The highest BCUT2D eigenvalue weighted by molar-refractivity contribution is 9.10. The second-order valence-electron chi connectivity index (χ2n) is 6.78. The molecule has 0 atom stereocenters. The van der Waals surface area contributed by atoms with E-state index in [4.69, 9.17) is 32.7 Å². The van der Waals surface area contributed by atoms with Crippen molar-refractivity contribution < 1.29 is 14.3 Å². The minimum absolute atomic E-state index is 0.293. The summed E-state index contributed by atoms with van der Waals surface area (Å²) in [7, 11) is 0. The average molecular weight is 536 g/mol. The third kappa shape index (κ3) is 6.99. The summed E-state index contributed by atoms with van der Waals surface area (Å²) in [6.45, 7) is 2.93. The molecule has 1 amide bonds. The van der Waals surface area contributed by atoms with Crippen molar-refractivity contribution in [2.75, 3.05) is 6.61 Å². The molecule has 0 saturated heterocycles. The molecule has 0 heterocycles. The van der Waals surface area contributed by atoms with Gasteiger partial charge in [0, 0.05) is 31.2 Å². The van der Waals surface area contributed by atoms with Gasteiger partial charge in [0.05, 0.1) is 12.8 Å². The van der Waals surface area contributed by atoms with E-state index in [1.807, 2.05) is 31.2 Å². The van der Waals surface area contributed by atoms with Gasteiger partial charge in [0.1, 0.15) is 18.1 Å². The lowest BCUT2D eigenvalue weighted by Crippen LogP contribution is -2.17. The first kappa shape index (κ1) is 24.1. The van der Waals surface area contributed by atoms with Crippen LogP contribution in [0.3, 0.4) is 0 Å². The van der Waals surface area contributed by atoms with Crippen molar-refractivity contribution in [2.24, 2.45) is 5.10 Å². The Balaban J connectivity index is 1.57. The van der Waals surface area contributed by atoms with E-state index in [2.05, 4.69) is 26.5 Å². The SMILES string of the molecule is CCCOc1ccc(Br)cc1/C=N/NC(=O)c1ccc(OCc2ccc(Cl)cc2Cl)cc1. The molecule has 32 heavy (non-hydrogen) atoms. The lowest BCUT2D eigenvalue weighted by molar-refractivity contribution is 0.0955. The molecule has 0 spiro atoms. The fraction of sp³-hybridized carbons (Fsp3) is 0.167. The first-order valence-corrected chi connectivity index (χ1v) is 11.4. The first-order chi connectivity index (χ1) is 15.5. The lowest BCUT2D eigenvalue weighted by atomic mass is 10.2. The standard InChI is InChI=1S/C24H21BrCl2N2O3/c1-2-11-31-23-10-6-19(25)12-18(23)14-28-29-24(30)16-4-8-21(9-5-16)32-15-17-3-7-20(26)13-22(17)27/h3-10,12-14H,2,11,15H2,1H3,(H,29,30)/b28-14+. The molecular formula is C24H21BrCl2N2O3. The topological polar surface area (TPSA) is 59.9 Å².